The molecule has 2 N–H and O–H groups in total. The second-order valence-electron chi connectivity index (χ2n) is 6.92. The van der Waals surface area contributed by atoms with Gasteiger partial charge >= 0.3 is 0 Å². The van der Waals surface area contributed by atoms with Crippen molar-refractivity contribution < 1.29 is 9.53 Å². The highest BCUT2D eigenvalue weighted by atomic mass is 35.5. The zero-order chi connectivity index (χ0) is 17.5. The molecule has 0 aromatic heterocycles. The third kappa shape index (κ3) is 5.51. The number of nitrogens with one attached hydrogen (secondary N) is 2. The fourth-order valence-electron chi connectivity index (χ4n) is 3.62. The summed E-state index contributed by atoms with van der Waals surface area (Å²) in [4.78, 5) is 14.5. The minimum absolute atomic E-state index is 0.0403. The van der Waals surface area contributed by atoms with E-state index in [1.165, 1.54) is 32.1 Å². The Morgan fingerprint density at radius 3 is 2.72 bits per heavy atom. The van der Waals surface area contributed by atoms with Crippen LogP contribution in [0.5, 0.6) is 0 Å². The average molecular weight is 366 g/mol. The van der Waals surface area contributed by atoms with Gasteiger partial charge in [-0.1, -0.05) is 30.9 Å². The molecule has 0 unspecified atom stereocenters. The SMILES string of the molecule is O=C(CNc1cc(Cl)ccc1N1CCOCC1)NCC1CCCCC1. The van der Waals surface area contributed by atoms with Crippen LogP contribution in [0.3, 0.4) is 0 Å². The van der Waals surface area contributed by atoms with Gasteiger partial charge < -0.3 is 20.3 Å². The summed E-state index contributed by atoms with van der Waals surface area (Å²) in [5.74, 6) is 0.686. The number of nitrogens with zero attached hydrogens (tertiary/aromatic N) is 1. The number of rotatable bonds is 6. The molecule has 1 saturated carbocycles. The van der Waals surface area contributed by atoms with Crippen molar-refractivity contribution in [3.8, 4) is 0 Å². The van der Waals surface area contributed by atoms with Gasteiger partial charge in [-0.2, -0.15) is 0 Å². The summed E-state index contributed by atoms with van der Waals surface area (Å²) in [7, 11) is 0. The van der Waals surface area contributed by atoms with E-state index in [-0.39, 0.29) is 12.5 Å². The number of halogens is 1. The fourth-order valence-corrected chi connectivity index (χ4v) is 3.79. The third-order valence-electron chi connectivity index (χ3n) is 5.06. The first kappa shape index (κ1) is 18.3. The van der Waals surface area contributed by atoms with Gasteiger partial charge in [0.1, 0.15) is 0 Å². The number of carbonyl (C=O) groups excluding carboxylic acids is 1. The number of benzene rings is 1. The zero-order valence-corrected chi connectivity index (χ0v) is 15.5. The summed E-state index contributed by atoms with van der Waals surface area (Å²) >= 11 is 6.15. The highest BCUT2D eigenvalue weighted by Gasteiger charge is 2.17. The summed E-state index contributed by atoms with van der Waals surface area (Å²) in [6.45, 7) is 4.22. The van der Waals surface area contributed by atoms with Gasteiger partial charge in [-0.15, -0.1) is 0 Å². The molecule has 1 aliphatic heterocycles. The van der Waals surface area contributed by atoms with Gasteiger partial charge in [-0.3, -0.25) is 4.79 Å². The van der Waals surface area contributed by atoms with Gasteiger partial charge in [-0.05, 0) is 37.0 Å². The van der Waals surface area contributed by atoms with E-state index < -0.39 is 0 Å². The first-order valence-electron chi connectivity index (χ1n) is 9.35. The van der Waals surface area contributed by atoms with E-state index in [0.717, 1.165) is 44.2 Å². The Morgan fingerprint density at radius 2 is 1.96 bits per heavy atom. The molecular weight excluding hydrogens is 338 g/mol. The second kappa shape index (κ2) is 9.30. The van der Waals surface area contributed by atoms with Crippen LogP contribution in [-0.2, 0) is 9.53 Å². The van der Waals surface area contributed by atoms with Gasteiger partial charge in [0.2, 0.25) is 5.91 Å². The standard InChI is InChI=1S/C19H28ClN3O2/c20-16-6-7-18(23-8-10-25-11-9-23)17(12-16)21-14-19(24)22-13-15-4-2-1-3-5-15/h6-7,12,15,21H,1-5,8-11,13-14H2,(H,22,24). The fraction of sp³-hybridized carbons (Fsp3) is 0.632. The number of hydrogen-bond donors (Lipinski definition) is 2. The Kier molecular flexibility index (Phi) is 6.82. The molecule has 5 nitrogen and oxygen atoms in total. The molecule has 0 radical (unpaired) electrons. The molecule has 1 amide bonds. The molecule has 1 aromatic carbocycles. The largest absolute Gasteiger partial charge is 0.378 e. The minimum atomic E-state index is 0.0403. The first-order valence-corrected chi connectivity index (χ1v) is 9.73. The number of hydrogen-bond acceptors (Lipinski definition) is 4. The normalized spacial score (nSPS) is 18.8. The molecule has 1 heterocycles. The molecular formula is C19H28ClN3O2. The highest BCUT2D eigenvalue weighted by molar-refractivity contribution is 6.31. The van der Waals surface area contributed by atoms with E-state index in [0.29, 0.717) is 10.9 Å². The lowest BCUT2D eigenvalue weighted by molar-refractivity contribution is -0.119. The Hall–Kier alpha value is -1.46. The van der Waals surface area contributed by atoms with Crippen molar-refractivity contribution in [3.05, 3.63) is 23.2 Å². The van der Waals surface area contributed by atoms with Crippen LogP contribution in [0.1, 0.15) is 32.1 Å². The van der Waals surface area contributed by atoms with Crippen molar-refractivity contribution in [2.24, 2.45) is 5.92 Å². The Morgan fingerprint density at radius 1 is 1.20 bits per heavy atom. The zero-order valence-electron chi connectivity index (χ0n) is 14.7. The van der Waals surface area contributed by atoms with Crippen LogP contribution in [0.25, 0.3) is 0 Å². The molecule has 0 bridgehead atoms. The van der Waals surface area contributed by atoms with Crippen LogP contribution in [0, 0.1) is 5.92 Å². The van der Waals surface area contributed by atoms with Crippen LogP contribution < -0.4 is 15.5 Å². The first-order chi connectivity index (χ1) is 12.2. The summed E-state index contributed by atoms with van der Waals surface area (Å²) in [5, 5.41) is 7.00. The molecule has 3 rings (SSSR count). The van der Waals surface area contributed by atoms with Crippen molar-refractivity contribution in [2.75, 3.05) is 49.6 Å². The Bertz CT molecular complexity index is 570. The van der Waals surface area contributed by atoms with E-state index >= 15 is 0 Å². The van der Waals surface area contributed by atoms with E-state index in [9.17, 15) is 4.79 Å². The molecule has 138 valence electrons. The number of amides is 1. The van der Waals surface area contributed by atoms with Crippen LogP contribution in [0.15, 0.2) is 18.2 Å². The summed E-state index contributed by atoms with van der Waals surface area (Å²) in [6.07, 6.45) is 6.41. The minimum Gasteiger partial charge on any atom is -0.378 e. The molecule has 2 fully saturated rings. The predicted molar refractivity (Wildman–Crippen MR) is 103 cm³/mol. The Balaban J connectivity index is 1.52. The van der Waals surface area contributed by atoms with E-state index in [2.05, 4.69) is 15.5 Å². The van der Waals surface area contributed by atoms with Gasteiger partial charge in [0.15, 0.2) is 0 Å². The van der Waals surface area contributed by atoms with Gasteiger partial charge in [0.25, 0.3) is 0 Å². The number of anilines is 2. The van der Waals surface area contributed by atoms with Crippen molar-refractivity contribution in [3.63, 3.8) is 0 Å². The molecule has 1 saturated heterocycles. The highest BCUT2D eigenvalue weighted by Crippen LogP contribution is 2.29. The second-order valence-corrected chi connectivity index (χ2v) is 7.36. The quantitative estimate of drug-likeness (QED) is 0.812. The summed E-state index contributed by atoms with van der Waals surface area (Å²) < 4.78 is 5.42. The summed E-state index contributed by atoms with van der Waals surface area (Å²) in [5.41, 5.74) is 1.98. The third-order valence-corrected chi connectivity index (χ3v) is 5.30. The van der Waals surface area contributed by atoms with Crippen LogP contribution in [0.4, 0.5) is 11.4 Å². The molecule has 6 heteroatoms. The van der Waals surface area contributed by atoms with E-state index in [1.54, 1.807) is 0 Å². The van der Waals surface area contributed by atoms with Crippen molar-refractivity contribution in [1.82, 2.24) is 5.32 Å². The molecule has 1 aromatic rings. The maximum absolute atomic E-state index is 12.2. The predicted octanol–water partition coefficient (Wildman–Crippen LogP) is 3.29. The van der Waals surface area contributed by atoms with Crippen molar-refractivity contribution in [2.45, 2.75) is 32.1 Å². The number of morpholine rings is 1. The van der Waals surface area contributed by atoms with E-state index in [1.807, 2.05) is 18.2 Å². The van der Waals surface area contributed by atoms with Crippen LogP contribution in [0.2, 0.25) is 5.02 Å². The van der Waals surface area contributed by atoms with Gasteiger partial charge in [0.05, 0.1) is 31.1 Å². The van der Waals surface area contributed by atoms with Gasteiger partial charge in [-0.25, -0.2) is 0 Å². The lowest BCUT2D eigenvalue weighted by Gasteiger charge is -2.30. The maximum Gasteiger partial charge on any atom is 0.239 e. The summed E-state index contributed by atoms with van der Waals surface area (Å²) in [6, 6.07) is 5.79. The van der Waals surface area contributed by atoms with Crippen molar-refractivity contribution >= 4 is 28.9 Å². The Labute approximate surface area is 155 Å². The lowest BCUT2D eigenvalue weighted by Crippen LogP contribution is -2.37. The molecule has 2 aliphatic rings. The smallest absolute Gasteiger partial charge is 0.239 e. The number of ether oxygens (including phenoxy) is 1. The monoisotopic (exact) mass is 365 g/mol. The van der Waals surface area contributed by atoms with Crippen molar-refractivity contribution in [1.29, 1.82) is 0 Å². The molecule has 0 atom stereocenters. The average Bonchev–Trinajstić information content (AvgIpc) is 2.66. The van der Waals surface area contributed by atoms with E-state index in [4.69, 9.17) is 16.3 Å². The topological polar surface area (TPSA) is 53.6 Å². The van der Waals surface area contributed by atoms with Crippen LogP contribution in [-0.4, -0.2) is 45.3 Å². The van der Waals surface area contributed by atoms with Gasteiger partial charge in [0, 0.05) is 24.7 Å². The van der Waals surface area contributed by atoms with Crippen LogP contribution >= 0.6 is 11.6 Å². The molecule has 0 spiro atoms. The molecule has 25 heavy (non-hydrogen) atoms. The molecule has 1 aliphatic carbocycles. The lowest BCUT2D eigenvalue weighted by atomic mass is 9.89. The number of carbonyl (C=O) groups is 1. The maximum atomic E-state index is 12.2.